The molecule has 3 heteroatoms. The van der Waals surface area contributed by atoms with Crippen LogP contribution >= 0.6 is 0 Å². The van der Waals surface area contributed by atoms with Gasteiger partial charge in [-0.25, -0.2) is 0 Å². The SMILES string of the molecule is CC(C)C1(CN2CC(C#N)CC2=O)CC1. The molecule has 1 atom stereocenters. The highest BCUT2D eigenvalue weighted by atomic mass is 16.2. The Labute approximate surface area is 91.1 Å². The zero-order valence-electron chi connectivity index (χ0n) is 9.49. The van der Waals surface area contributed by atoms with Crippen LogP contribution in [0.4, 0.5) is 0 Å². The summed E-state index contributed by atoms with van der Waals surface area (Å²) in [4.78, 5) is 13.6. The quantitative estimate of drug-likeness (QED) is 0.706. The molecule has 0 aromatic heterocycles. The predicted molar refractivity (Wildman–Crippen MR) is 56.8 cm³/mol. The van der Waals surface area contributed by atoms with Crippen molar-refractivity contribution in [2.24, 2.45) is 17.3 Å². The second-order valence-electron chi connectivity index (χ2n) is 5.32. The van der Waals surface area contributed by atoms with Gasteiger partial charge in [0.1, 0.15) is 0 Å². The molecule has 1 aliphatic carbocycles. The molecule has 2 fully saturated rings. The monoisotopic (exact) mass is 206 g/mol. The molecule has 0 N–H and O–H groups in total. The van der Waals surface area contributed by atoms with Gasteiger partial charge in [-0.2, -0.15) is 5.26 Å². The highest BCUT2D eigenvalue weighted by molar-refractivity contribution is 5.79. The van der Waals surface area contributed by atoms with Gasteiger partial charge in [0, 0.05) is 19.5 Å². The number of carbonyl (C=O) groups excluding carboxylic acids is 1. The van der Waals surface area contributed by atoms with Crippen molar-refractivity contribution in [2.75, 3.05) is 13.1 Å². The van der Waals surface area contributed by atoms with Crippen LogP contribution in [0.25, 0.3) is 0 Å². The Morgan fingerprint density at radius 1 is 1.60 bits per heavy atom. The van der Waals surface area contributed by atoms with Crippen LogP contribution in [0, 0.1) is 28.6 Å². The van der Waals surface area contributed by atoms with Gasteiger partial charge in [0.15, 0.2) is 0 Å². The lowest BCUT2D eigenvalue weighted by Crippen LogP contribution is -2.34. The molecule has 15 heavy (non-hydrogen) atoms. The lowest BCUT2D eigenvalue weighted by molar-refractivity contribution is -0.128. The third-order valence-electron chi connectivity index (χ3n) is 4.02. The molecule has 1 unspecified atom stereocenters. The van der Waals surface area contributed by atoms with E-state index in [1.807, 2.05) is 4.90 Å². The van der Waals surface area contributed by atoms with Crippen molar-refractivity contribution in [3.05, 3.63) is 0 Å². The number of likely N-dealkylation sites (tertiary alicyclic amines) is 1. The number of nitriles is 1. The minimum Gasteiger partial charge on any atom is -0.341 e. The van der Waals surface area contributed by atoms with E-state index in [1.54, 1.807) is 0 Å². The molecule has 0 bridgehead atoms. The molecule has 1 heterocycles. The highest BCUT2D eigenvalue weighted by Gasteiger charge is 2.48. The molecule has 0 aromatic rings. The summed E-state index contributed by atoms with van der Waals surface area (Å²) in [5, 5.41) is 8.80. The van der Waals surface area contributed by atoms with Crippen LogP contribution in [0.15, 0.2) is 0 Å². The highest BCUT2D eigenvalue weighted by Crippen LogP contribution is 2.52. The van der Waals surface area contributed by atoms with Gasteiger partial charge in [0.05, 0.1) is 12.0 Å². The maximum absolute atomic E-state index is 11.6. The second-order valence-corrected chi connectivity index (χ2v) is 5.32. The summed E-state index contributed by atoms with van der Waals surface area (Å²) in [6.45, 7) is 6.00. The standard InChI is InChI=1S/C12H18N2O/c1-9(2)12(3-4-12)8-14-7-10(6-13)5-11(14)15/h9-10H,3-5,7-8H2,1-2H3. The summed E-state index contributed by atoms with van der Waals surface area (Å²) < 4.78 is 0. The van der Waals surface area contributed by atoms with Crippen molar-refractivity contribution in [1.29, 1.82) is 5.26 Å². The second kappa shape index (κ2) is 3.52. The van der Waals surface area contributed by atoms with E-state index in [1.165, 1.54) is 12.8 Å². The largest absolute Gasteiger partial charge is 0.341 e. The summed E-state index contributed by atoms with van der Waals surface area (Å²) in [5.41, 5.74) is 0.375. The number of hydrogen-bond donors (Lipinski definition) is 0. The van der Waals surface area contributed by atoms with Gasteiger partial charge in [-0.15, -0.1) is 0 Å². The smallest absolute Gasteiger partial charge is 0.224 e. The van der Waals surface area contributed by atoms with E-state index >= 15 is 0 Å². The van der Waals surface area contributed by atoms with Crippen molar-refractivity contribution < 1.29 is 4.79 Å². The maximum Gasteiger partial charge on any atom is 0.224 e. The Hall–Kier alpha value is -1.04. The van der Waals surface area contributed by atoms with Crippen LogP contribution in [0.1, 0.15) is 33.1 Å². The Bertz CT molecular complexity index is 312. The van der Waals surface area contributed by atoms with Gasteiger partial charge in [0.2, 0.25) is 5.91 Å². The Balaban J connectivity index is 1.97. The molecule has 3 nitrogen and oxygen atoms in total. The third kappa shape index (κ3) is 1.86. The van der Waals surface area contributed by atoms with Crippen LogP contribution in [0.2, 0.25) is 0 Å². The first kappa shape index (κ1) is 10.5. The maximum atomic E-state index is 11.6. The molecule has 0 radical (unpaired) electrons. The van der Waals surface area contributed by atoms with E-state index < -0.39 is 0 Å². The van der Waals surface area contributed by atoms with Crippen molar-refractivity contribution in [1.82, 2.24) is 4.90 Å². The first-order valence-electron chi connectivity index (χ1n) is 5.75. The van der Waals surface area contributed by atoms with E-state index in [0.717, 1.165) is 6.54 Å². The van der Waals surface area contributed by atoms with Gasteiger partial charge < -0.3 is 4.90 Å². The Kier molecular flexibility index (Phi) is 2.46. The average molecular weight is 206 g/mol. The molecule has 1 aliphatic heterocycles. The molecule has 82 valence electrons. The molecule has 2 rings (SSSR count). The molecule has 1 saturated carbocycles. The Morgan fingerprint density at radius 2 is 2.27 bits per heavy atom. The van der Waals surface area contributed by atoms with E-state index in [-0.39, 0.29) is 11.8 Å². The number of nitrogens with zero attached hydrogens (tertiary/aromatic N) is 2. The number of carbonyl (C=O) groups is 1. The molecular formula is C12H18N2O. The van der Waals surface area contributed by atoms with Crippen LogP contribution in [0.3, 0.4) is 0 Å². The van der Waals surface area contributed by atoms with Crippen LogP contribution < -0.4 is 0 Å². The third-order valence-corrected chi connectivity index (χ3v) is 4.02. The molecule has 0 spiro atoms. The fourth-order valence-electron chi connectivity index (χ4n) is 2.47. The van der Waals surface area contributed by atoms with E-state index in [4.69, 9.17) is 5.26 Å². The van der Waals surface area contributed by atoms with Crippen LogP contribution in [-0.4, -0.2) is 23.9 Å². The molecule has 2 aliphatic rings. The van der Waals surface area contributed by atoms with Gasteiger partial charge >= 0.3 is 0 Å². The van der Waals surface area contributed by atoms with Crippen LogP contribution in [0.5, 0.6) is 0 Å². The minimum atomic E-state index is -0.0690. The molecular weight excluding hydrogens is 188 g/mol. The predicted octanol–water partition coefficient (Wildman–Crippen LogP) is 1.79. The fraction of sp³-hybridized carbons (Fsp3) is 0.833. The minimum absolute atomic E-state index is 0.0690. The van der Waals surface area contributed by atoms with Crippen molar-refractivity contribution in [3.63, 3.8) is 0 Å². The number of hydrogen-bond acceptors (Lipinski definition) is 2. The Morgan fingerprint density at radius 3 is 2.67 bits per heavy atom. The average Bonchev–Trinajstić information content (AvgIpc) is 2.88. The van der Waals surface area contributed by atoms with Crippen LogP contribution in [-0.2, 0) is 4.79 Å². The zero-order chi connectivity index (χ0) is 11.1. The van der Waals surface area contributed by atoms with Crippen molar-refractivity contribution in [2.45, 2.75) is 33.1 Å². The lowest BCUT2D eigenvalue weighted by Gasteiger charge is -2.26. The van der Waals surface area contributed by atoms with Crippen molar-refractivity contribution >= 4 is 5.91 Å². The van der Waals surface area contributed by atoms with E-state index in [0.29, 0.717) is 24.3 Å². The van der Waals surface area contributed by atoms with Gasteiger partial charge in [-0.1, -0.05) is 13.8 Å². The number of amides is 1. The van der Waals surface area contributed by atoms with Gasteiger partial charge in [0.25, 0.3) is 0 Å². The molecule has 0 aromatic carbocycles. The zero-order valence-corrected chi connectivity index (χ0v) is 9.49. The summed E-state index contributed by atoms with van der Waals surface area (Å²) in [5.74, 6) is 0.750. The fourth-order valence-corrected chi connectivity index (χ4v) is 2.47. The topological polar surface area (TPSA) is 44.1 Å². The first-order chi connectivity index (χ1) is 7.07. The number of rotatable bonds is 3. The molecule has 1 saturated heterocycles. The van der Waals surface area contributed by atoms with Gasteiger partial charge in [-0.3, -0.25) is 4.79 Å². The lowest BCUT2D eigenvalue weighted by atomic mass is 9.92. The van der Waals surface area contributed by atoms with Crippen molar-refractivity contribution in [3.8, 4) is 6.07 Å². The summed E-state index contributed by atoms with van der Waals surface area (Å²) in [6, 6.07) is 2.20. The summed E-state index contributed by atoms with van der Waals surface area (Å²) in [6.07, 6.45) is 2.92. The normalized spacial score (nSPS) is 28.3. The molecule has 1 amide bonds. The summed E-state index contributed by atoms with van der Waals surface area (Å²) >= 11 is 0. The van der Waals surface area contributed by atoms with E-state index in [2.05, 4.69) is 19.9 Å². The summed E-state index contributed by atoms with van der Waals surface area (Å²) in [7, 11) is 0. The van der Waals surface area contributed by atoms with Gasteiger partial charge in [-0.05, 0) is 24.2 Å². The first-order valence-corrected chi connectivity index (χ1v) is 5.75. The van der Waals surface area contributed by atoms with E-state index in [9.17, 15) is 4.79 Å².